The van der Waals surface area contributed by atoms with Gasteiger partial charge < -0.3 is 4.74 Å². The second-order valence-corrected chi connectivity index (χ2v) is 5.40. The maximum absolute atomic E-state index is 5.25. The van der Waals surface area contributed by atoms with Crippen molar-refractivity contribution in [1.29, 1.82) is 0 Å². The van der Waals surface area contributed by atoms with Crippen LogP contribution in [-0.2, 0) is 4.74 Å². The molecule has 1 saturated heterocycles. The molecule has 1 aromatic rings. The highest BCUT2D eigenvalue weighted by Crippen LogP contribution is 2.37. The van der Waals surface area contributed by atoms with E-state index in [1.54, 1.807) is 0 Å². The molecule has 1 atom stereocenters. The lowest BCUT2D eigenvalue weighted by Gasteiger charge is -2.39. The maximum Gasteiger partial charge on any atom is 0.106 e. The number of hydrogen-bond acceptors (Lipinski definition) is 3. The van der Waals surface area contributed by atoms with Crippen molar-refractivity contribution < 1.29 is 4.74 Å². The molecule has 1 unspecified atom stereocenters. The van der Waals surface area contributed by atoms with E-state index in [-0.39, 0.29) is 11.5 Å². The lowest BCUT2D eigenvalue weighted by molar-refractivity contribution is -0.108. The summed E-state index contributed by atoms with van der Waals surface area (Å²) in [5.74, 6) is 0. The van der Waals surface area contributed by atoms with Gasteiger partial charge in [-0.2, -0.15) is 0 Å². The lowest BCUT2D eigenvalue weighted by Crippen LogP contribution is -2.40. The van der Waals surface area contributed by atoms with Gasteiger partial charge in [-0.1, -0.05) is 13.0 Å². The summed E-state index contributed by atoms with van der Waals surface area (Å²) in [7, 11) is 0. The first-order chi connectivity index (χ1) is 7.63. The lowest BCUT2D eigenvalue weighted by atomic mass is 9.81. The number of halogens is 1. The molecule has 3 nitrogen and oxygen atoms in total. The Balaban J connectivity index is 2.13. The van der Waals surface area contributed by atoms with Crippen molar-refractivity contribution in [3.63, 3.8) is 0 Å². The third kappa shape index (κ3) is 2.50. The highest BCUT2D eigenvalue weighted by atomic mass is 79.9. The number of pyridine rings is 1. The second-order valence-electron chi connectivity index (χ2n) is 4.59. The van der Waals surface area contributed by atoms with Crippen LogP contribution >= 0.6 is 15.9 Å². The van der Waals surface area contributed by atoms with Crippen molar-refractivity contribution in [2.24, 2.45) is 10.4 Å². The monoisotopic (exact) mass is 282 g/mol. The van der Waals surface area contributed by atoms with E-state index in [2.05, 4.69) is 39.5 Å². The molecule has 2 heterocycles. The summed E-state index contributed by atoms with van der Waals surface area (Å²) in [6.07, 6.45) is 0.944. The molecule has 16 heavy (non-hydrogen) atoms. The van der Waals surface area contributed by atoms with E-state index in [1.165, 1.54) is 0 Å². The molecule has 0 amide bonds. The maximum atomic E-state index is 5.25. The molecule has 86 valence electrons. The van der Waals surface area contributed by atoms with Gasteiger partial charge in [-0.15, -0.1) is 0 Å². The van der Waals surface area contributed by atoms with Gasteiger partial charge in [0.2, 0.25) is 0 Å². The molecule has 0 aliphatic carbocycles. The van der Waals surface area contributed by atoms with Crippen LogP contribution in [0.4, 0.5) is 0 Å². The number of ether oxygens (including phenoxy) is 1. The predicted octanol–water partition coefficient (Wildman–Crippen LogP) is 3.01. The minimum Gasteiger partial charge on any atom is -0.380 e. The van der Waals surface area contributed by atoms with Crippen LogP contribution in [0, 0.1) is 5.41 Å². The number of aliphatic imine (C=N–C) groups is 1. The van der Waals surface area contributed by atoms with Crippen LogP contribution in [0.5, 0.6) is 0 Å². The largest absolute Gasteiger partial charge is 0.380 e. The average Bonchev–Trinajstić information content (AvgIpc) is 2.23. The molecule has 1 aliphatic heterocycles. The summed E-state index contributed by atoms with van der Waals surface area (Å²) in [6, 6.07) is 5.95. The Bertz CT molecular complexity index is 390. The first-order valence-corrected chi connectivity index (χ1v) is 6.08. The molecule has 0 bridgehead atoms. The summed E-state index contributed by atoms with van der Waals surface area (Å²) in [5.41, 5.74) is 1.20. The first kappa shape index (κ1) is 11.7. The van der Waals surface area contributed by atoms with Crippen molar-refractivity contribution in [3.05, 3.63) is 28.5 Å². The van der Waals surface area contributed by atoms with Gasteiger partial charge in [-0.25, -0.2) is 4.98 Å². The van der Waals surface area contributed by atoms with Gasteiger partial charge >= 0.3 is 0 Å². The molecule has 0 N–H and O–H groups in total. The Morgan fingerprint density at radius 2 is 2.38 bits per heavy atom. The van der Waals surface area contributed by atoms with Gasteiger partial charge in [0.1, 0.15) is 4.60 Å². The van der Waals surface area contributed by atoms with Gasteiger partial charge in [0.05, 0.1) is 24.9 Å². The molecule has 2 rings (SSSR count). The SMILES string of the molecule is C=NC(CC1(C)COC1)c1cccc(Br)n1. The van der Waals surface area contributed by atoms with E-state index in [9.17, 15) is 0 Å². The molecule has 1 aromatic heterocycles. The average molecular weight is 283 g/mol. The number of aromatic nitrogens is 1. The summed E-state index contributed by atoms with van der Waals surface area (Å²) < 4.78 is 6.09. The fourth-order valence-corrected chi connectivity index (χ4v) is 2.26. The number of hydrogen-bond donors (Lipinski definition) is 0. The summed E-state index contributed by atoms with van der Waals surface area (Å²) >= 11 is 3.37. The van der Waals surface area contributed by atoms with Crippen LogP contribution in [0.15, 0.2) is 27.8 Å². The highest BCUT2D eigenvalue weighted by molar-refractivity contribution is 9.10. The minimum atomic E-state index is 0.0615. The molecule has 0 radical (unpaired) electrons. The van der Waals surface area contributed by atoms with Crippen LogP contribution in [0.25, 0.3) is 0 Å². The van der Waals surface area contributed by atoms with E-state index in [0.29, 0.717) is 0 Å². The molecule has 0 aromatic carbocycles. The fraction of sp³-hybridized carbons (Fsp3) is 0.500. The van der Waals surface area contributed by atoms with E-state index < -0.39 is 0 Å². The molecule has 1 aliphatic rings. The number of nitrogens with zero attached hydrogens (tertiary/aromatic N) is 2. The van der Waals surface area contributed by atoms with Crippen molar-refractivity contribution in [1.82, 2.24) is 4.98 Å². The van der Waals surface area contributed by atoms with Crippen LogP contribution in [-0.4, -0.2) is 24.9 Å². The van der Waals surface area contributed by atoms with Gasteiger partial charge in [0, 0.05) is 5.41 Å². The smallest absolute Gasteiger partial charge is 0.106 e. The molecular formula is C12H15BrN2O. The van der Waals surface area contributed by atoms with E-state index in [0.717, 1.165) is 29.9 Å². The third-order valence-electron chi connectivity index (χ3n) is 2.89. The zero-order valence-electron chi connectivity index (χ0n) is 9.32. The van der Waals surface area contributed by atoms with Crippen molar-refractivity contribution >= 4 is 22.6 Å². The first-order valence-electron chi connectivity index (χ1n) is 5.29. The van der Waals surface area contributed by atoms with Crippen LogP contribution < -0.4 is 0 Å². The molecule has 0 spiro atoms. The number of rotatable bonds is 4. The van der Waals surface area contributed by atoms with Gasteiger partial charge in [-0.3, -0.25) is 4.99 Å². The molecule has 1 fully saturated rings. The van der Waals surface area contributed by atoms with Crippen molar-refractivity contribution in [3.8, 4) is 0 Å². The van der Waals surface area contributed by atoms with Crippen LogP contribution in [0.2, 0.25) is 0 Å². The van der Waals surface area contributed by atoms with Gasteiger partial charge in [0.15, 0.2) is 0 Å². The zero-order chi connectivity index (χ0) is 11.6. The third-order valence-corrected chi connectivity index (χ3v) is 3.33. The Morgan fingerprint density at radius 3 is 2.88 bits per heavy atom. The summed E-state index contributed by atoms with van der Waals surface area (Å²) in [6.45, 7) is 7.50. The van der Waals surface area contributed by atoms with Crippen LogP contribution in [0.3, 0.4) is 0 Å². The minimum absolute atomic E-state index is 0.0615. The topological polar surface area (TPSA) is 34.5 Å². The molecular weight excluding hydrogens is 268 g/mol. The van der Waals surface area contributed by atoms with Crippen LogP contribution in [0.1, 0.15) is 25.1 Å². The fourth-order valence-electron chi connectivity index (χ4n) is 1.91. The van der Waals surface area contributed by atoms with Gasteiger partial charge in [0.25, 0.3) is 0 Å². The normalized spacial score (nSPS) is 19.9. The zero-order valence-corrected chi connectivity index (χ0v) is 10.9. The van der Waals surface area contributed by atoms with E-state index in [1.807, 2.05) is 18.2 Å². The Hall–Kier alpha value is -0.740. The van der Waals surface area contributed by atoms with E-state index >= 15 is 0 Å². The predicted molar refractivity (Wildman–Crippen MR) is 67.8 cm³/mol. The Labute approximate surface area is 104 Å². The Morgan fingerprint density at radius 1 is 1.62 bits per heavy atom. The van der Waals surface area contributed by atoms with Crippen molar-refractivity contribution in [2.45, 2.75) is 19.4 Å². The summed E-state index contributed by atoms with van der Waals surface area (Å²) in [4.78, 5) is 8.61. The Kier molecular flexibility index (Phi) is 3.40. The quantitative estimate of drug-likeness (QED) is 0.629. The summed E-state index contributed by atoms with van der Waals surface area (Å²) in [5, 5.41) is 0. The molecule has 4 heteroatoms. The van der Waals surface area contributed by atoms with Gasteiger partial charge in [-0.05, 0) is 41.2 Å². The van der Waals surface area contributed by atoms with E-state index in [4.69, 9.17) is 4.74 Å². The second kappa shape index (κ2) is 4.63. The highest BCUT2D eigenvalue weighted by Gasteiger charge is 2.36. The molecule has 0 saturated carbocycles. The standard InChI is InChI=1S/C12H15BrN2O/c1-12(7-16-8-12)6-10(14-2)9-4-3-5-11(13)15-9/h3-5,10H,2,6-8H2,1H3. The van der Waals surface area contributed by atoms with Crippen molar-refractivity contribution in [2.75, 3.05) is 13.2 Å².